The van der Waals surface area contributed by atoms with Crippen molar-refractivity contribution in [2.75, 3.05) is 0 Å². The molecule has 0 aliphatic rings. The maximum Gasteiger partial charge on any atom is 0.0618 e. The molecule has 0 amide bonds. The van der Waals surface area contributed by atoms with Crippen LogP contribution in [-0.2, 0) is 0 Å². The lowest BCUT2D eigenvalue weighted by molar-refractivity contribution is 1.39. The monoisotopic (exact) mass is 261 g/mol. The second-order valence-corrected chi connectivity index (χ2v) is 4.97. The first-order valence-electron chi connectivity index (χ1n) is 6.73. The first-order valence-corrected chi connectivity index (χ1v) is 6.73. The smallest absolute Gasteiger partial charge is 0.0618 e. The molecule has 0 radical (unpaired) electrons. The van der Waals surface area contributed by atoms with E-state index in [0.717, 1.165) is 16.7 Å². The number of allylic oxidation sites excluding steroid dienone is 4. The quantitative estimate of drug-likeness (QED) is 0.584. The number of rotatable bonds is 4. The van der Waals surface area contributed by atoms with Gasteiger partial charge in [0.05, 0.1) is 5.71 Å². The standard InChI is InChI=1S/C19H19N/c1-15(2)13-18(16-9-5-3-6-10-16)14-19(20)17-11-7-4-8-12-17/h3-14,20H,1-2H3/b18-14+,20-19?. The third-order valence-corrected chi connectivity index (χ3v) is 2.94. The van der Waals surface area contributed by atoms with Gasteiger partial charge in [-0.2, -0.15) is 0 Å². The minimum absolute atomic E-state index is 0.530. The lowest BCUT2D eigenvalue weighted by Crippen LogP contribution is -1.95. The Morgan fingerprint density at radius 2 is 1.25 bits per heavy atom. The molecule has 0 aromatic heterocycles. The van der Waals surface area contributed by atoms with E-state index in [1.807, 2.05) is 54.6 Å². The fourth-order valence-electron chi connectivity index (χ4n) is 2.01. The summed E-state index contributed by atoms with van der Waals surface area (Å²) >= 11 is 0. The van der Waals surface area contributed by atoms with Crippen LogP contribution in [-0.4, -0.2) is 5.71 Å². The SMILES string of the molecule is CC(C)=C/C(=C\C(=N)c1ccccc1)c1ccccc1. The van der Waals surface area contributed by atoms with Crippen molar-refractivity contribution in [2.24, 2.45) is 0 Å². The van der Waals surface area contributed by atoms with Gasteiger partial charge in [-0.05, 0) is 36.6 Å². The normalized spacial score (nSPS) is 11.0. The molecule has 0 saturated heterocycles. The van der Waals surface area contributed by atoms with Crippen LogP contribution in [0.25, 0.3) is 5.57 Å². The van der Waals surface area contributed by atoms with E-state index in [0.29, 0.717) is 5.71 Å². The Kier molecular flexibility index (Phi) is 4.67. The van der Waals surface area contributed by atoms with Crippen molar-refractivity contribution in [1.29, 1.82) is 5.41 Å². The van der Waals surface area contributed by atoms with Gasteiger partial charge in [-0.15, -0.1) is 0 Å². The van der Waals surface area contributed by atoms with Gasteiger partial charge in [-0.25, -0.2) is 0 Å². The van der Waals surface area contributed by atoms with Crippen molar-refractivity contribution in [3.8, 4) is 0 Å². The van der Waals surface area contributed by atoms with Gasteiger partial charge in [0.15, 0.2) is 0 Å². The van der Waals surface area contributed by atoms with E-state index in [-0.39, 0.29) is 0 Å². The Morgan fingerprint density at radius 3 is 1.75 bits per heavy atom. The lowest BCUT2D eigenvalue weighted by Gasteiger charge is -2.05. The van der Waals surface area contributed by atoms with Gasteiger partial charge in [0.25, 0.3) is 0 Å². The number of benzene rings is 2. The Morgan fingerprint density at radius 1 is 0.750 bits per heavy atom. The van der Waals surface area contributed by atoms with Crippen molar-refractivity contribution in [3.05, 3.63) is 89.5 Å². The summed E-state index contributed by atoms with van der Waals surface area (Å²) in [6, 6.07) is 20.0. The van der Waals surface area contributed by atoms with Crippen LogP contribution >= 0.6 is 0 Å². The van der Waals surface area contributed by atoms with E-state index in [4.69, 9.17) is 5.41 Å². The summed E-state index contributed by atoms with van der Waals surface area (Å²) in [5, 5.41) is 8.25. The van der Waals surface area contributed by atoms with Gasteiger partial charge in [-0.1, -0.05) is 72.3 Å². The molecule has 0 saturated carbocycles. The summed E-state index contributed by atoms with van der Waals surface area (Å²) in [6.07, 6.45) is 4.05. The van der Waals surface area contributed by atoms with E-state index in [1.54, 1.807) is 0 Å². The summed E-state index contributed by atoms with van der Waals surface area (Å²) in [5.41, 5.74) is 4.89. The molecule has 1 N–H and O–H groups in total. The van der Waals surface area contributed by atoms with E-state index < -0.39 is 0 Å². The predicted octanol–water partition coefficient (Wildman–Crippen LogP) is 5.10. The molecule has 1 nitrogen and oxygen atoms in total. The molecular weight excluding hydrogens is 242 g/mol. The summed E-state index contributed by atoms with van der Waals surface area (Å²) < 4.78 is 0. The Labute approximate surface area is 120 Å². The molecule has 0 heterocycles. The highest BCUT2D eigenvalue weighted by Crippen LogP contribution is 2.18. The topological polar surface area (TPSA) is 23.9 Å². The molecule has 0 spiro atoms. The molecule has 0 bridgehead atoms. The average Bonchev–Trinajstić information content (AvgIpc) is 2.48. The van der Waals surface area contributed by atoms with Crippen LogP contribution in [0.2, 0.25) is 0 Å². The molecule has 0 aliphatic carbocycles. The summed E-state index contributed by atoms with van der Waals surface area (Å²) in [7, 11) is 0. The molecule has 2 aromatic rings. The molecule has 2 rings (SSSR count). The van der Waals surface area contributed by atoms with Crippen LogP contribution in [0.1, 0.15) is 25.0 Å². The number of hydrogen-bond donors (Lipinski definition) is 1. The second kappa shape index (κ2) is 6.67. The molecule has 0 aliphatic heterocycles. The molecule has 0 fully saturated rings. The highest BCUT2D eigenvalue weighted by molar-refractivity contribution is 6.11. The minimum atomic E-state index is 0.530. The Balaban J connectivity index is 2.40. The molecule has 0 atom stereocenters. The third kappa shape index (κ3) is 3.79. The predicted molar refractivity (Wildman–Crippen MR) is 87.1 cm³/mol. The molecular formula is C19H19N. The minimum Gasteiger partial charge on any atom is -0.300 e. The average molecular weight is 261 g/mol. The van der Waals surface area contributed by atoms with Crippen molar-refractivity contribution < 1.29 is 0 Å². The maximum atomic E-state index is 8.25. The zero-order valence-electron chi connectivity index (χ0n) is 11.9. The summed E-state index contributed by atoms with van der Waals surface area (Å²) in [5.74, 6) is 0. The zero-order chi connectivity index (χ0) is 14.4. The van der Waals surface area contributed by atoms with Gasteiger partial charge >= 0.3 is 0 Å². The van der Waals surface area contributed by atoms with Crippen molar-refractivity contribution in [3.63, 3.8) is 0 Å². The lowest BCUT2D eigenvalue weighted by atomic mass is 10.00. The largest absolute Gasteiger partial charge is 0.300 e. The summed E-state index contributed by atoms with van der Waals surface area (Å²) in [4.78, 5) is 0. The summed E-state index contributed by atoms with van der Waals surface area (Å²) in [6.45, 7) is 4.14. The van der Waals surface area contributed by atoms with Crippen LogP contribution in [0.5, 0.6) is 0 Å². The van der Waals surface area contributed by atoms with Crippen LogP contribution in [0.15, 0.2) is 78.4 Å². The highest BCUT2D eigenvalue weighted by atomic mass is 14.4. The number of nitrogens with one attached hydrogen (secondary N) is 1. The highest BCUT2D eigenvalue weighted by Gasteiger charge is 2.02. The van der Waals surface area contributed by atoms with Crippen LogP contribution in [0.4, 0.5) is 0 Å². The zero-order valence-corrected chi connectivity index (χ0v) is 11.9. The second-order valence-electron chi connectivity index (χ2n) is 4.97. The maximum absolute atomic E-state index is 8.25. The van der Waals surface area contributed by atoms with Gasteiger partial charge in [0, 0.05) is 0 Å². The van der Waals surface area contributed by atoms with E-state index in [9.17, 15) is 0 Å². The molecule has 2 aromatic carbocycles. The molecule has 1 heteroatoms. The van der Waals surface area contributed by atoms with Crippen LogP contribution in [0, 0.1) is 5.41 Å². The van der Waals surface area contributed by atoms with E-state index in [2.05, 4.69) is 32.1 Å². The van der Waals surface area contributed by atoms with Crippen LogP contribution in [0.3, 0.4) is 0 Å². The van der Waals surface area contributed by atoms with Gasteiger partial charge < -0.3 is 5.41 Å². The number of hydrogen-bond acceptors (Lipinski definition) is 1. The Hall–Kier alpha value is -2.41. The molecule has 20 heavy (non-hydrogen) atoms. The van der Waals surface area contributed by atoms with Gasteiger partial charge in [0.1, 0.15) is 0 Å². The fraction of sp³-hybridized carbons (Fsp3) is 0.105. The first-order chi connectivity index (χ1) is 9.66. The van der Waals surface area contributed by atoms with Crippen molar-refractivity contribution in [1.82, 2.24) is 0 Å². The molecule has 100 valence electrons. The van der Waals surface area contributed by atoms with Crippen LogP contribution < -0.4 is 0 Å². The van der Waals surface area contributed by atoms with Gasteiger partial charge in [0.2, 0.25) is 0 Å². The van der Waals surface area contributed by atoms with E-state index in [1.165, 1.54) is 5.57 Å². The van der Waals surface area contributed by atoms with Crippen molar-refractivity contribution in [2.45, 2.75) is 13.8 Å². The Bertz CT molecular complexity index is 630. The van der Waals surface area contributed by atoms with Crippen molar-refractivity contribution >= 4 is 11.3 Å². The van der Waals surface area contributed by atoms with Gasteiger partial charge in [-0.3, -0.25) is 0 Å². The fourth-order valence-corrected chi connectivity index (χ4v) is 2.01. The van der Waals surface area contributed by atoms with E-state index >= 15 is 0 Å². The third-order valence-electron chi connectivity index (χ3n) is 2.94. The molecule has 0 unspecified atom stereocenters. The first kappa shape index (κ1) is 14.0.